The normalized spacial score (nSPS) is 10.6. The first kappa shape index (κ1) is 11.2. The van der Waals surface area contributed by atoms with Gasteiger partial charge in [-0.05, 0) is 38.3 Å². The van der Waals surface area contributed by atoms with Crippen LogP contribution in [0.3, 0.4) is 0 Å². The van der Waals surface area contributed by atoms with Crippen LogP contribution in [0.4, 0.5) is 0 Å². The van der Waals surface area contributed by atoms with Gasteiger partial charge in [-0.15, -0.1) is 11.3 Å². The van der Waals surface area contributed by atoms with Gasteiger partial charge in [-0.25, -0.2) is 15.0 Å². The van der Waals surface area contributed by atoms with Crippen LogP contribution in [-0.4, -0.2) is 15.0 Å². The Hall–Kier alpha value is -0.330. The van der Waals surface area contributed by atoms with Crippen molar-refractivity contribution in [3.8, 4) is 11.5 Å². The summed E-state index contributed by atoms with van der Waals surface area (Å²) in [7, 11) is 0. The van der Waals surface area contributed by atoms with Gasteiger partial charge in [0, 0.05) is 11.4 Å². The Morgan fingerprint density at radius 1 is 1.20 bits per heavy atom. The highest BCUT2D eigenvalue weighted by Gasteiger charge is 2.08. The number of nitrogens with zero attached hydrogens (tertiary/aromatic N) is 3. The molecule has 0 atom stereocenters. The number of hydrogen-bond acceptors (Lipinski definition) is 4. The van der Waals surface area contributed by atoms with E-state index in [-0.39, 0.29) is 0 Å². The van der Waals surface area contributed by atoms with Crippen molar-refractivity contribution in [3.63, 3.8) is 0 Å². The lowest BCUT2D eigenvalue weighted by Gasteiger charge is -1.97. The van der Waals surface area contributed by atoms with Gasteiger partial charge in [0.25, 0.3) is 0 Å². The highest BCUT2D eigenvalue weighted by atomic mass is 79.9. The Balaban J connectivity index is 2.44. The molecule has 0 radical (unpaired) electrons. The van der Waals surface area contributed by atoms with E-state index in [0.29, 0.717) is 5.82 Å². The predicted molar refractivity (Wildman–Crippen MR) is 67.9 cm³/mol. The molecule has 2 aromatic heterocycles. The molecular weight excluding hydrogens is 342 g/mol. The molecule has 2 heterocycles. The molecule has 0 amide bonds. The first-order chi connectivity index (χ1) is 7.19. The van der Waals surface area contributed by atoms with Gasteiger partial charge >= 0.3 is 0 Å². The topological polar surface area (TPSA) is 38.7 Å². The second kappa shape index (κ2) is 4.67. The maximum Gasteiger partial charge on any atom is 0.181 e. The third-order valence-corrected chi connectivity index (χ3v) is 3.55. The van der Waals surface area contributed by atoms with E-state index in [4.69, 9.17) is 0 Å². The summed E-state index contributed by atoms with van der Waals surface area (Å²) in [5.74, 6) is 0.646. The lowest BCUT2D eigenvalue weighted by atomic mass is 10.4. The summed E-state index contributed by atoms with van der Waals surface area (Å²) in [5.41, 5.74) is 0.832. The van der Waals surface area contributed by atoms with Gasteiger partial charge in [0.15, 0.2) is 5.82 Å². The van der Waals surface area contributed by atoms with E-state index in [0.717, 1.165) is 26.3 Å². The standard InChI is InChI=1S/C9H7Br2N3S/c1-2-8-12-5(4-15-8)9-13-6(10)3-7(11)14-9/h3-4H,2H2,1H3. The fourth-order valence-electron chi connectivity index (χ4n) is 1.08. The molecule has 0 fully saturated rings. The molecule has 2 aromatic rings. The van der Waals surface area contributed by atoms with Crippen molar-refractivity contribution in [2.75, 3.05) is 0 Å². The van der Waals surface area contributed by atoms with Crippen molar-refractivity contribution in [1.82, 2.24) is 15.0 Å². The highest BCUT2D eigenvalue weighted by molar-refractivity contribution is 9.11. The Morgan fingerprint density at radius 3 is 2.40 bits per heavy atom. The van der Waals surface area contributed by atoms with Crippen LogP contribution in [0.2, 0.25) is 0 Å². The van der Waals surface area contributed by atoms with Crippen molar-refractivity contribution in [2.45, 2.75) is 13.3 Å². The van der Waals surface area contributed by atoms with Gasteiger partial charge in [0.05, 0.1) is 5.01 Å². The lowest BCUT2D eigenvalue weighted by molar-refractivity contribution is 1.06. The summed E-state index contributed by atoms with van der Waals surface area (Å²) in [6, 6.07) is 1.80. The number of rotatable bonds is 2. The van der Waals surface area contributed by atoms with Crippen LogP contribution in [0.25, 0.3) is 11.5 Å². The number of thiazole rings is 1. The van der Waals surface area contributed by atoms with E-state index in [1.54, 1.807) is 17.4 Å². The predicted octanol–water partition coefficient (Wildman–Crippen LogP) is 3.69. The lowest BCUT2D eigenvalue weighted by Crippen LogP contribution is -1.91. The molecule has 3 nitrogen and oxygen atoms in total. The first-order valence-corrected chi connectivity index (χ1v) is 6.80. The highest BCUT2D eigenvalue weighted by Crippen LogP contribution is 2.22. The van der Waals surface area contributed by atoms with Crippen molar-refractivity contribution in [3.05, 3.63) is 25.7 Å². The van der Waals surface area contributed by atoms with Gasteiger partial charge in [-0.2, -0.15) is 0 Å². The molecule has 0 aliphatic rings. The smallest absolute Gasteiger partial charge is 0.181 e. The minimum absolute atomic E-state index is 0.646. The number of aryl methyl sites for hydroxylation is 1. The molecule has 0 aliphatic carbocycles. The monoisotopic (exact) mass is 347 g/mol. The van der Waals surface area contributed by atoms with Gasteiger partial charge in [-0.1, -0.05) is 6.92 Å². The fourth-order valence-corrected chi connectivity index (χ4v) is 2.88. The van der Waals surface area contributed by atoms with Gasteiger partial charge < -0.3 is 0 Å². The molecule has 0 aliphatic heterocycles. The minimum Gasteiger partial charge on any atom is -0.238 e. The van der Waals surface area contributed by atoms with Crippen molar-refractivity contribution < 1.29 is 0 Å². The summed E-state index contributed by atoms with van der Waals surface area (Å²) in [6.45, 7) is 2.08. The Kier molecular flexibility index (Phi) is 3.48. The molecule has 0 unspecified atom stereocenters. The second-order valence-electron chi connectivity index (χ2n) is 2.82. The van der Waals surface area contributed by atoms with Gasteiger partial charge in [-0.3, -0.25) is 0 Å². The zero-order chi connectivity index (χ0) is 10.8. The van der Waals surface area contributed by atoms with Crippen LogP contribution in [-0.2, 0) is 6.42 Å². The van der Waals surface area contributed by atoms with E-state index in [1.807, 2.05) is 5.38 Å². The molecule has 15 heavy (non-hydrogen) atoms. The molecule has 0 bridgehead atoms. The van der Waals surface area contributed by atoms with Crippen LogP contribution in [0.1, 0.15) is 11.9 Å². The zero-order valence-electron chi connectivity index (χ0n) is 7.87. The SMILES string of the molecule is CCc1nc(-c2nc(Br)cc(Br)n2)cs1. The summed E-state index contributed by atoms with van der Waals surface area (Å²) < 4.78 is 1.51. The molecule has 0 aromatic carbocycles. The van der Waals surface area contributed by atoms with E-state index in [9.17, 15) is 0 Å². The fraction of sp³-hybridized carbons (Fsp3) is 0.222. The molecule has 0 saturated heterocycles. The summed E-state index contributed by atoms with van der Waals surface area (Å²) in [6.07, 6.45) is 0.944. The molecule has 0 spiro atoms. The molecule has 6 heteroatoms. The van der Waals surface area contributed by atoms with Crippen molar-refractivity contribution >= 4 is 43.2 Å². The summed E-state index contributed by atoms with van der Waals surface area (Å²) in [4.78, 5) is 13.0. The Labute approximate surface area is 108 Å². The van der Waals surface area contributed by atoms with Crippen LogP contribution >= 0.6 is 43.2 Å². The number of hydrogen-bond donors (Lipinski definition) is 0. The summed E-state index contributed by atoms with van der Waals surface area (Å²) in [5, 5.41) is 3.08. The van der Waals surface area contributed by atoms with Crippen LogP contribution < -0.4 is 0 Å². The van der Waals surface area contributed by atoms with Gasteiger partial charge in [0.2, 0.25) is 0 Å². The third kappa shape index (κ3) is 2.62. The number of halogens is 2. The second-order valence-corrected chi connectivity index (χ2v) is 5.38. The van der Waals surface area contributed by atoms with E-state index >= 15 is 0 Å². The zero-order valence-corrected chi connectivity index (χ0v) is 11.9. The summed E-state index contributed by atoms with van der Waals surface area (Å²) >= 11 is 8.29. The van der Waals surface area contributed by atoms with Crippen LogP contribution in [0, 0.1) is 0 Å². The maximum absolute atomic E-state index is 4.43. The van der Waals surface area contributed by atoms with Crippen molar-refractivity contribution in [2.24, 2.45) is 0 Å². The van der Waals surface area contributed by atoms with E-state index in [1.165, 1.54) is 0 Å². The largest absolute Gasteiger partial charge is 0.238 e. The van der Waals surface area contributed by atoms with Crippen LogP contribution in [0.15, 0.2) is 20.7 Å². The molecular formula is C9H7Br2N3S. The molecule has 0 N–H and O–H groups in total. The molecule has 2 rings (SSSR count). The average molecular weight is 349 g/mol. The molecule has 0 saturated carbocycles. The van der Waals surface area contributed by atoms with Crippen molar-refractivity contribution in [1.29, 1.82) is 0 Å². The molecule has 78 valence electrons. The quantitative estimate of drug-likeness (QED) is 0.777. The Morgan fingerprint density at radius 2 is 1.87 bits per heavy atom. The Bertz CT molecular complexity index is 464. The maximum atomic E-state index is 4.43. The van der Waals surface area contributed by atoms with Gasteiger partial charge in [0.1, 0.15) is 14.9 Å². The average Bonchev–Trinajstić information content (AvgIpc) is 2.64. The first-order valence-electron chi connectivity index (χ1n) is 4.34. The number of aromatic nitrogens is 3. The van der Waals surface area contributed by atoms with E-state index in [2.05, 4.69) is 53.7 Å². The van der Waals surface area contributed by atoms with E-state index < -0.39 is 0 Å². The minimum atomic E-state index is 0.646. The third-order valence-electron chi connectivity index (χ3n) is 1.75. The van der Waals surface area contributed by atoms with Crippen LogP contribution in [0.5, 0.6) is 0 Å².